The maximum absolute atomic E-state index is 4.93. The van der Waals surface area contributed by atoms with Crippen LogP contribution in [0.4, 0.5) is 0 Å². The molecule has 0 aliphatic heterocycles. The third-order valence-corrected chi connectivity index (χ3v) is 0.702. The molecular weight excluding hydrogens is 282 g/mol. The molecule has 0 amide bonds. The van der Waals surface area contributed by atoms with E-state index < -0.39 is 20.8 Å². The standard InChI is InChI=1S/2C5H.2ClH.Zr/c2*1-2-4-5-3-1;;;/h2*1H;2*1H;/q2*-5;;;+2/p-2. The van der Waals surface area contributed by atoms with Gasteiger partial charge in [-0.2, -0.15) is 0 Å². The van der Waals surface area contributed by atoms with Crippen LogP contribution < -0.4 is 0 Å². The Balaban J connectivity index is 0.000000174. The molecule has 0 spiro atoms. The largest absolute Gasteiger partial charge is 0.999 e. The summed E-state index contributed by atoms with van der Waals surface area (Å²) in [6, 6.07) is 24.0. The zero-order valence-corrected chi connectivity index (χ0v) is 10.4. The SMILES string of the molecule is [Cl][Zr][Cl].[c-]1[c-][c-][cH-][c-]1.[c-]1[c-][c-][cH-][c-]1. The first-order valence-electron chi connectivity index (χ1n) is 3.03. The number of halogens is 2. The fraction of sp³-hybridized carbons (Fsp3) is 0. The molecule has 2 rings (SSSR count). The van der Waals surface area contributed by atoms with Crippen molar-refractivity contribution in [2.45, 2.75) is 0 Å². The van der Waals surface area contributed by atoms with E-state index in [-0.39, 0.29) is 0 Å². The Hall–Kier alpha value is 0.163. The Bertz CT molecular complexity index is 165. The second kappa shape index (κ2) is 12.2. The molecule has 3 heteroatoms. The molecule has 2 aromatic rings. The van der Waals surface area contributed by atoms with Gasteiger partial charge in [0.1, 0.15) is 0 Å². The van der Waals surface area contributed by atoms with Crippen LogP contribution in [0, 0.1) is 48.5 Å². The maximum atomic E-state index is 4.93. The van der Waals surface area contributed by atoms with Gasteiger partial charge in [-0.15, -0.1) is 0 Å². The van der Waals surface area contributed by atoms with Crippen LogP contribution in [0.1, 0.15) is 0 Å². The summed E-state index contributed by atoms with van der Waals surface area (Å²) in [5, 5.41) is 0. The number of hydrogen-bond donors (Lipinski definition) is 0. The van der Waals surface area contributed by atoms with Crippen LogP contribution in [-0.2, 0) is 20.8 Å². The van der Waals surface area contributed by atoms with Crippen molar-refractivity contribution in [3.8, 4) is 0 Å². The minimum atomic E-state index is -0.826. The zero-order chi connectivity index (χ0) is 9.78. The van der Waals surface area contributed by atoms with Crippen LogP contribution >= 0.6 is 17.0 Å². The molecule has 0 bridgehead atoms. The summed E-state index contributed by atoms with van der Waals surface area (Å²) < 4.78 is 0. The van der Waals surface area contributed by atoms with Crippen molar-refractivity contribution in [3.05, 3.63) is 60.7 Å². The van der Waals surface area contributed by atoms with Gasteiger partial charge in [-0.25, -0.2) is 0 Å². The van der Waals surface area contributed by atoms with Crippen molar-refractivity contribution >= 4 is 17.0 Å². The second-order valence-electron chi connectivity index (χ2n) is 1.44. The van der Waals surface area contributed by atoms with E-state index >= 15 is 0 Å². The van der Waals surface area contributed by atoms with Crippen molar-refractivity contribution in [1.82, 2.24) is 0 Å². The van der Waals surface area contributed by atoms with Crippen molar-refractivity contribution in [3.63, 3.8) is 0 Å². The molecule has 0 aromatic heterocycles. The quantitative estimate of drug-likeness (QED) is 0.652. The molecular formula is C10H2Cl2Zr-10. The van der Waals surface area contributed by atoms with Gasteiger partial charge in [-0.1, -0.05) is 0 Å². The fourth-order valence-corrected chi connectivity index (χ4v) is 0.361. The van der Waals surface area contributed by atoms with Crippen LogP contribution in [0.5, 0.6) is 0 Å². The third-order valence-electron chi connectivity index (χ3n) is 0.702. The molecule has 0 nitrogen and oxygen atoms in total. The van der Waals surface area contributed by atoms with E-state index in [4.69, 9.17) is 17.0 Å². The zero-order valence-electron chi connectivity index (χ0n) is 6.41. The van der Waals surface area contributed by atoms with Gasteiger partial charge in [-0.05, 0) is 0 Å². The Kier molecular flexibility index (Phi) is 12.3. The predicted molar refractivity (Wildman–Crippen MR) is 46.5 cm³/mol. The summed E-state index contributed by atoms with van der Waals surface area (Å²) in [7, 11) is 9.87. The summed E-state index contributed by atoms with van der Waals surface area (Å²) in [5.74, 6) is 0. The number of rotatable bonds is 0. The smallest absolute Gasteiger partial charge is 0.800 e. The summed E-state index contributed by atoms with van der Waals surface area (Å²) >= 11 is -0.826. The molecule has 0 atom stereocenters. The van der Waals surface area contributed by atoms with Gasteiger partial charge in [0, 0.05) is 0 Å². The van der Waals surface area contributed by atoms with Crippen LogP contribution in [0.25, 0.3) is 0 Å². The Morgan fingerprint density at radius 1 is 0.692 bits per heavy atom. The first-order valence-corrected chi connectivity index (χ1v) is 9.36. The Labute approximate surface area is 97.9 Å². The van der Waals surface area contributed by atoms with E-state index in [0.29, 0.717) is 0 Å². The van der Waals surface area contributed by atoms with Crippen molar-refractivity contribution in [1.29, 1.82) is 0 Å². The molecule has 0 aliphatic rings. The first kappa shape index (κ1) is 13.2. The average Bonchev–Trinajstić information content (AvgIpc) is 2.85. The minimum absolute atomic E-state index is 0.826. The molecule has 0 radical (unpaired) electrons. The van der Waals surface area contributed by atoms with Gasteiger partial charge in [0.25, 0.3) is 0 Å². The molecule has 0 aliphatic carbocycles. The summed E-state index contributed by atoms with van der Waals surface area (Å²) in [6.07, 6.45) is 0. The average molecular weight is 284 g/mol. The van der Waals surface area contributed by atoms with E-state index in [1.807, 2.05) is 0 Å². The summed E-state index contributed by atoms with van der Waals surface area (Å²) in [4.78, 5) is 0. The normalized spacial score (nSPS) is 7.23. The van der Waals surface area contributed by atoms with Crippen LogP contribution in [0.15, 0.2) is 12.1 Å². The summed E-state index contributed by atoms with van der Waals surface area (Å²) in [5.41, 5.74) is 0. The predicted octanol–water partition coefficient (Wildman–Crippen LogP) is 2.59. The van der Waals surface area contributed by atoms with Gasteiger partial charge < -0.3 is 60.7 Å². The molecule has 0 N–H and O–H groups in total. The van der Waals surface area contributed by atoms with E-state index in [1.165, 1.54) is 0 Å². The van der Waals surface area contributed by atoms with Gasteiger partial charge in [0.05, 0.1) is 0 Å². The van der Waals surface area contributed by atoms with Gasteiger partial charge in [0.15, 0.2) is 0 Å². The topological polar surface area (TPSA) is 0 Å². The van der Waals surface area contributed by atoms with E-state index in [1.54, 1.807) is 12.1 Å². The van der Waals surface area contributed by atoms with Crippen LogP contribution in [-0.4, -0.2) is 0 Å². The molecule has 0 saturated heterocycles. The Morgan fingerprint density at radius 3 is 1.00 bits per heavy atom. The van der Waals surface area contributed by atoms with Crippen LogP contribution in [0.2, 0.25) is 0 Å². The van der Waals surface area contributed by atoms with Crippen molar-refractivity contribution in [2.75, 3.05) is 0 Å². The molecule has 0 saturated carbocycles. The van der Waals surface area contributed by atoms with Gasteiger partial charge in [0.2, 0.25) is 0 Å². The fourth-order valence-electron chi connectivity index (χ4n) is 0.361. The molecule has 2 aromatic carbocycles. The summed E-state index contributed by atoms with van der Waals surface area (Å²) in [6.45, 7) is 0. The second-order valence-corrected chi connectivity index (χ2v) is 5.17. The third kappa shape index (κ3) is 12.2. The first-order chi connectivity index (χ1) is 6.41. The van der Waals surface area contributed by atoms with Gasteiger partial charge in [-0.3, -0.25) is 0 Å². The van der Waals surface area contributed by atoms with Crippen molar-refractivity contribution in [2.24, 2.45) is 0 Å². The number of hydrogen-bond acceptors (Lipinski definition) is 0. The molecule has 0 fully saturated rings. The minimum Gasteiger partial charge on any atom is -0.999 e. The molecule has 0 heterocycles. The van der Waals surface area contributed by atoms with Gasteiger partial charge >= 0.3 is 37.9 Å². The van der Waals surface area contributed by atoms with Crippen LogP contribution in [0.3, 0.4) is 0 Å². The monoisotopic (exact) mass is 282 g/mol. The van der Waals surface area contributed by atoms with E-state index in [2.05, 4.69) is 48.5 Å². The molecule has 13 heavy (non-hydrogen) atoms. The molecule has 70 valence electrons. The Morgan fingerprint density at radius 2 is 0.923 bits per heavy atom. The van der Waals surface area contributed by atoms with E-state index in [0.717, 1.165) is 0 Å². The van der Waals surface area contributed by atoms with E-state index in [9.17, 15) is 0 Å². The maximum Gasteiger partial charge on any atom is -0.800 e. The van der Waals surface area contributed by atoms with Crippen molar-refractivity contribution < 1.29 is 20.8 Å². The molecule has 0 unspecified atom stereocenters.